The van der Waals surface area contributed by atoms with Crippen LogP contribution in [-0.2, 0) is 12.6 Å². The predicted molar refractivity (Wildman–Crippen MR) is 146 cm³/mol. The Balaban J connectivity index is 1.49. The SMILES string of the molecule is CCC(CCNC(C)C)Oc1ccc(CCN2CCN(C(=O)c3ccc(C(F)(F)F)cc3)CC2)c(C)c1C. The molecule has 0 aliphatic carbocycles. The zero-order chi connectivity index (χ0) is 27.9. The molecular formula is C30H42F3N3O2. The van der Waals surface area contributed by atoms with Crippen molar-refractivity contribution in [2.75, 3.05) is 39.3 Å². The van der Waals surface area contributed by atoms with Crippen molar-refractivity contribution in [1.82, 2.24) is 15.1 Å². The van der Waals surface area contributed by atoms with Crippen molar-refractivity contribution in [3.05, 3.63) is 64.2 Å². The van der Waals surface area contributed by atoms with Gasteiger partial charge in [-0.1, -0.05) is 26.8 Å². The first-order valence-corrected chi connectivity index (χ1v) is 13.7. The molecule has 0 aromatic heterocycles. The van der Waals surface area contributed by atoms with Crippen LogP contribution < -0.4 is 10.1 Å². The van der Waals surface area contributed by atoms with Gasteiger partial charge in [0.2, 0.25) is 0 Å². The van der Waals surface area contributed by atoms with Crippen molar-refractivity contribution >= 4 is 5.91 Å². The first-order valence-electron chi connectivity index (χ1n) is 13.7. The Labute approximate surface area is 225 Å². The summed E-state index contributed by atoms with van der Waals surface area (Å²) in [5.41, 5.74) is 3.29. The fourth-order valence-corrected chi connectivity index (χ4v) is 4.75. The highest BCUT2D eigenvalue weighted by Crippen LogP contribution is 2.29. The molecule has 2 aromatic carbocycles. The number of hydrogen-bond acceptors (Lipinski definition) is 4. The van der Waals surface area contributed by atoms with Gasteiger partial charge in [-0.05, 0) is 86.7 Å². The number of amides is 1. The van der Waals surface area contributed by atoms with Crippen molar-refractivity contribution in [3.63, 3.8) is 0 Å². The van der Waals surface area contributed by atoms with Crippen LogP contribution in [0.15, 0.2) is 36.4 Å². The van der Waals surface area contributed by atoms with Gasteiger partial charge in [-0.25, -0.2) is 0 Å². The van der Waals surface area contributed by atoms with Gasteiger partial charge in [0.25, 0.3) is 5.91 Å². The predicted octanol–water partition coefficient (Wildman–Crippen LogP) is 5.87. The van der Waals surface area contributed by atoms with E-state index in [2.05, 4.69) is 57.0 Å². The van der Waals surface area contributed by atoms with Crippen molar-refractivity contribution in [2.45, 2.75) is 72.2 Å². The van der Waals surface area contributed by atoms with E-state index in [1.807, 2.05) is 0 Å². The monoisotopic (exact) mass is 533 g/mol. The van der Waals surface area contributed by atoms with Gasteiger partial charge in [0.1, 0.15) is 5.75 Å². The Morgan fingerprint density at radius 3 is 2.24 bits per heavy atom. The molecule has 5 nitrogen and oxygen atoms in total. The summed E-state index contributed by atoms with van der Waals surface area (Å²) in [5.74, 6) is 0.740. The Hall–Kier alpha value is -2.58. The number of piperazine rings is 1. The molecule has 1 fully saturated rings. The first kappa shape index (κ1) is 30.0. The van der Waals surface area contributed by atoms with E-state index < -0.39 is 11.7 Å². The Morgan fingerprint density at radius 2 is 1.66 bits per heavy atom. The van der Waals surface area contributed by atoms with Crippen LogP contribution in [0.25, 0.3) is 0 Å². The molecular weight excluding hydrogens is 491 g/mol. The molecule has 210 valence electrons. The summed E-state index contributed by atoms with van der Waals surface area (Å²) in [6.45, 7) is 15.2. The summed E-state index contributed by atoms with van der Waals surface area (Å²) < 4.78 is 44.8. The van der Waals surface area contributed by atoms with Crippen LogP contribution in [-0.4, -0.2) is 67.1 Å². The van der Waals surface area contributed by atoms with Crippen molar-refractivity contribution < 1.29 is 22.7 Å². The molecule has 0 saturated carbocycles. The van der Waals surface area contributed by atoms with Crippen LogP contribution in [0.1, 0.15) is 66.2 Å². The number of nitrogens with zero attached hydrogens (tertiary/aromatic N) is 2. The minimum Gasteiger partial charge on any atom is -0.490 e. The third-order valence-electron chi connectivity index (χ3n) is 7.43. The lowest BCUT2D eigenvalue weighted by atomic mass is 9.99. The van der Waals surface area contributed by atoms with E-state index in [1.165, 1.54) is 28.8 Å². The molecule has 1 unspecified atom stereocenters. The molecule has 8 heteroatoms. The summed E-state index contributed by atoms with van der Waals surface area (Å²) in [6.07, 6.45) is -1.36. The number of carbonyl (C=O) groups excluding carboxylic acids is 1. The van der Waals surface area contributed by atoms with E-state index in [1.54, 1.807) is 4.90 Å². The third-order valence-corrected chi connectivity index (χ3v) is 7.43. The lowest BCUT2D eigenvalue weighted by Crippen LogP contribution is -2.49. The van der Waals surface area contributed by atoms with Gasteiger partial charge >= 0.3 is 6.18 Å². The molecule has 1 amide bonds. The number of hydrogen-bond donors (Lipinski definition) is 1. The van der Waals surface area contributed by atoms with Gasteiger partial charge in [-0.3, -0.25) is 9.69 Å². The second-order valence-corrected chi connectivity index (χ2v) is 10.5. The fraction of sp³-hybridized carbons (Fsp3) is 0.567. The van der Waals surface area contributed by atoms with Gasteiger partial charge < -0.3 is 15.0 Å². The van der Waals surface area contributed by atoms with E-state index in [9.17, 15) is 18.0 Å². The van der Waals surface area contributed by atoms with Gasteiger partial charge in [-0.15, -0.1) is 0 Å². The number of halogens is 3. The van der Waals surface area contributed by atoms with Crippen molar-refractivity contribution in [2.24, 2.45) is 0 Å². The topological polar surface area (TPSA) is 44.8 Å². The minimum absolute atomic E-state index is 0.187. The maximum absolute atomic E-state index is 12.8. The summed E-state index contributed by atoms with van der Waals surface area (Å²) in [4.78, 5) is 16.8. The van der Waals surface area contributed by atoms with E-state index in [0.717, 1.165) is 63.3 Å². The quantitative estimate of drug-likeness (QED) is 0.393. The smallest absolute Gasteiger partial charge is 0.416 e. The largest absolute Gasteiger partial charge is 0.490 e. The van der Waals surface area contributed by atoms with E-state index in [0.29, 0.717) is 24.7 Å². The molecule has 0 bridgehead atoms. The normalized spacial score (nSPS) is 15.7. The number of rotatable bonds is 11. The highest BCUT2D eigenvalue weighted by Gasteiger charge is 2.30. The minimum atomic E-state index is -4.40. The third kappa shape index (κ3) is 8.21. The molecule has 1 N–H and O–H groups in total. The maximum Gasteiger partial charge on any atom is 0.416 e. The van der Waals surface area contributed by atoms with Gasteiger partial charge in [-0.2, -0.15) is 13.2 Å². The fourth-order valence-electron chi connectivity index (χ4n) is 4.75. The van der Waals surface area contributed by atoms with Crippen LogP contribution in [0.5, 0.6) is 5.75 Å². The average Bonchev–Trinajstić information content (AvgIpc) is 2.89. The summed E-state index contributed by atoms with van der Waals surface area (Å²) in [6, 6.07) is 9.20. The van der Waals surface area contributed by atoms with E-state index in [4.69, 9.17) is 4.74 Å². The zero-order valence-electron chi connectivity index (χ0n) is 23.3. The van der Waals surface area contributed by atoms with Gasteiger partial charge in [0.15, 0.2) is 0 Å². The average molecular weight is 534 g/mol. The number of carbonyl (C=O) groups is 1. The Bertz CT molecular complexity index is 1050. The lowest BCUT2D eigenvalue weighted by molar-refractivity contribution is -0.137. The van der Waals surface area contributed by atoms with Crippen LogP contribution in [0.2, 0.25) is 0 Å². The summed E-state index contributed by atoms with van der Waals surface area (Å²) in [7, 11) is 0. The van der Waals surface area contributed by atoms with E-state index >= 15 is 0 Å². The highest BCUT2D eigenvalue weighted by molar-refractivity contribution is 5.94. The molecule has 3 rings (SSSR count). The van der Waals surface area contributed by atoms with Crippen LogP contribution in [0.4, 0.5) is 13.2 Å². The second kappa shape index (κ2) is 13.5. The second-order valence-electron chi connectivity index (χ2n) is 10.5. The highest BCUT2D eigenvalue weighted by atomic mass is 19.4. The summed E-state index contributed by atoms with van der Waals surface area (Å²) in [5, 5.41) is 3.46. The Morgan fingerprint density at radius 1 is 1.00 bits per heavy atom. The molecule has 38 heavy (non-hydrogen) atoms. The number of alkyl halides is 3. The molecule has 1 aliphatic rings. The lowest BCUT2D eigenvalue weighted by Gasteiger charge is -2.35. The Kier molecular flexibility index (Phi) is 10.6. The maximum atomic E-state index is 12.8. The van der Waals surface area contributed by atoms with Gasteiger partial charge in [0.05, 0.1) is 11.7 Å². The van der Waals surface area contributed by atoms with Crippen molar-refractivity contribution in [3.8, 4) is 5.75 Å². The molecule has 0 radical (unpaired) electrons. The molecule has 1 saturated heterocycles. The molecule has 1 aliphatic heterocycles. The van der Waals surface area contributed by atoms with Crippen molar-refractivity contribution in [1.29, 1.82) is 0 Å². The molecule has 0 spiro atoms. The van der Waals surface area contributed by atoms with E-state index in [-0.39, 0.29) is 12.0 Å². The number of benzene rings is 2. The zero-order valence-corrected chi connectivity index (χ0v) is 23.3. The summed E-state index contributed by atoms with van der Waals surface area (Å²) >= 11 is 0. The molecule has 1 heterocycles. The standard InChI is InChI=1S/C30H42F3N3O2/c1-6-27(13-15-34-21(2)3)38-28-12-9-24(22(4)23(28)5)14-16-35-17-19-36(20-18-35)29(37)25-7-10-26(11-8-25)30(31,32)33/h7-12,21,27,34H,6,13-20H2,1-5H3. The molecule has 1 atom stereocenters. The molecule has 2 aromatic rings. The van der Waals surface area contributed by atoms with Crippen LogP contribution in [0, 0.1) is 13.8 Å². The number of nitrogens with one attached hydrogen (secondary N) is 1. The number of ether oxygens (including phenoxy) is 1. The van der Waals surface area contributed by atoms with Gasteiger partial charge in [0, 0.05) is 44.3 Å². The van der Waals surface area contributed by atoms with Crippen LogP contribution in [0.3, 0.4) is 0 Å². The van der Waals surface area contributed by atoms with Crippen LogP contribution >= 0.6 is 0 Å². The first-order chi connectivity index (χ1) is 18.0.